The lowest BCUT2D eigenvalue weighted by Gasteiger charge is -2.37. The molecule has 0 atom stereocenters. The van der Waals surface area contributed by atoms with Gasteiger partial charge < -0.3 is 14.8 Å². The number of nitrogens with zero attached hydrogens (tertiary/aromatic N) is 1. The van der Waals surface area contributed by atoms with Gasteiger partial charge in [0.2, 0.25) is 5.91 Å². The Labute approximate surface area is 139 Å². The number of morpholine rings is 1. The van der Waals surface area contributed by atoms with Crippen LogP contribution in [-0.2, 0) is 16.1 Å². The van der Waals surface area contributed by atoms with E-state index in [0.29, 0.717) is 19.7 Å². The van der Waals surface area contributed by atoms with E-state index >= 15 is 0 Å². The summed E-state index contributed by atoms with van der Waals surface area (Å²) in [5.74, 6) is 0.923. The Bertz CT molecular complexity index is 499. The Balaban J connectivity index is 1.73. The third kappa shape index (κ3) is 6.20. The van der Waals surface area contributed by atoms with Gasteiger partial charge in [-0.05, 0) is 38.0 Å². The van der Waals surface area contributed by atoms with Gasteiger partial charge in [0.25, 0.3) is 0 Å². The molecule has 128 valence electrons. The van der Waals surface area contributed by atoms with E-state index < -0.39 is 0 Å². The second-order valence-electron chi connectivity index (χ2n) is 6.59. The number of nitrogens with one attached hydrogen (secondary N) is 1. The average molecular weight is 320 g/mol. The van der Waals surface area contributed by atoms with Crippen molar-refractivity contribution in [1.29, 1.82) is 0 Å². The molecule has 2 rings (SSSR count). The number of ether oxygens (including phenoxy) is 2. The summed E-state index contributed by atoms with van der Waals surface area (Å²) in [6, 6.07) is 7.87. The van der Waals surface area contributed by atoms with Crippen LogP contribution in [0.25, 0.3) is 0 Å². The van der Waals surface area contributed by atoms with E-state index in [9.17, 15) is 4.79 Å². The lowest BCUT2D eigenvalue weighted by Crippen LogP contribution is -2.51. The Hall–Kier alpha value is -1.59. The molecule has 0 saturated carbocycles. The van der Waals surface area contributed by atoms with Gasteiger partial charge in [0.15, 0.2) is 0 Å². The first-order chi connectivity index (χ1) is 11.0. The predicted octanol–water partition coefficient (Wildman–Crippen LogP) is 2.20. The molecule has 1 aromatic rings. The van der Waals surface area contributed by atoms with Crippen LogP contribution in [0, 0.1) is 0 Å². The van der Waals surface area contributed by atoms with Gasteiger partial charge in [-0.15, -0.1) is 0 Å². The molecule has 0 aliphatic carbocycles. The van der Waals surface area contributed by atoms with Crippen LogP contribution >= 0.6 is 0 Å². The predicted molar refractivity (Wildman–Crippen MR) is 90.5 cm³/mol. The van der Waals surface area contributed by atoms with Crippen molar-refractivity contribution in [3.63, 3.8) is 0 Å². The van der Waals surface area contributed by atoms with Gasteiger partial charge in [-0.3, -0.25) is 9.69 Å². The molecule has 1 aromatic carbocycles. The Morgan fingerprint density at radius 3 is 2.74 bits per heavy atom. The maximum absolute atomic E-state index is 12.1. The quantitative estimate of drug-likeness (QED) is 0.837. The van der Waals surface area contributed by atoms with Crippen molar-refractivity contribution in [3.05, 3.63) is 29.8 Å². The molecule has 23 heavy (non-hydrogen) atoms. The number of carbonyl (C=O) groups excluding carboxylic acids is 1. The zero-order valence-electron chi connectivity index (χ0n) is 14.4. The summed E-state index contributed by atoms with van der Waals surface area (Å²) < 4.78 is 11.2. The molecule has 1 saturated heterocycles. The van der Waals surface area contributed by atoms with Gasteiger partial charge in [-0.25, -0.2) is 0 Å². The standard InChI is InChI=1S/C18H28N2O3/c1-4-10-22-16-7-5-15(6-8-16)12-19-17(21)13-20-9-11-23-18(2,3)14-20/h5-8H,4,9-14H2,1-3H3,(H,19,21). The van der Waals surface area contributed by atoms with Crippen molar-refractivity contribution in [1.82, 2.24) is 10.2 Å². The second kappa shape index (κ2) is 8.31. The molecule has 1 aliphatic rings. The smallest absolute Gasteiger partial charge is 0.234 e. The van der Waals surface area contributed by atoms with E-state index in [1.807, 2.05) is 24.3 Å². The van der Waals surface area contributed by atoms with E-state index in [0.717, 1.165) is 37.4 Å². The third-order valence-corrected chi connectivity index (χ3v) is 3.76. The molecule has 1 N–H and O–H groups in total. The number of amides is 1. The molecule has 1 fully saturated rings. The minimum atomic E-state index is -0.174. The van der Waals surface area contributed by atoms with Gasteiger partial charge >= 0.3 is 0 Å². The molecule has 1 amide bonds. The van der Waals surface area contributed by atoms with Gasteiger partial charge in [0, 0.05) is 19.6 Å². The van der Waals surface area contributed by atoms with E-state index in [2.05, 4.69) is 31.0 Å². The highest BCUT2D eigenvalue weighted by molar-refractivity contribution is 5.78. The monoisotopic (exact) mass is 320 g/mol. The zero-order valence-corrected chi connectivity index (χ0v) is 14.4. The Morgan fingerprint density at radius 2 is 2.09 bits per heavy atom. The van der Waals surface area contributed by atoms with Crippen LogP contribution in [-0.4, -0.2) is 49.3 Å². The summed E-state index contributed by atoms with van der Waals surface area (Å²) in [6.07, 6.45) is 0.996. The number of carbonyl (C=O) groups is 1. The van der Waals surface area contributed by atoms with Crippen molar-refractivity contribution >= 4 is 5.91 Å². The number of hydrogen-bond donors (Lipinski definition) is 1. The Morgan fingerprint density at radius 1 is 1.35 bits per heavy atom. The number of rotatable bonds is 7. The lowest BCUT2D eigenvalue weighted by atomic mass is 10.1. The molecule has 0 aromatic heterocycles. The summed E-state index contributed by atoms with van der Waals surface area (Å²) in [6.45, 7) is 10.2. The van der Waals surface area contributed by atoms with Crippen molar-refractivity contribution in [2.75, 3.05) is 32.8 Å². The summed E-state index contributed by atoms with van der Waals surface area (Å²) in [7, 11) is 0. The number of hydrogen-bond acceptors (Lipinski definition) is 4. The van der Waals surface area contributed by atoms with Crippen LogP contribution in [0.4, 0.5) is 0 Å². The van der Waals surface area contributed by atoms with Crippen LogP contribution in [0.1, 0.15) is 32.8 Å². The number of benzene rings is 1. The van der Waals surface area contributed by atoms with Gasteiger partial charge in [0.05, 0.1) is 25.4 Å². The van der Waals surface area contributed by atoms with Crippen LogP contribution in [0.3, 0.4) is 0 Å². The second-order valence-corrected chi connectivity index (χ2v) is 6.59. The molecule has 0 spiro atoms. The third-order valence-electron chi connectivity index (χ3n) is 3.76. The highest BCUT2D eigenvalue weighted by atomic mass is 16.5. The molecule has 0 radical (unpaired) electrons. The SMILES string of the molecule is CCCOc1ccc(CNC(=O)CN2CCOC(C)(C)C2)cc1. The lowest BCUT2D eigenvalue weighted by molar-refractivity contribution is -0.127. The minimum absolute atomic E-state index is 0.0500. The molecular weight excluding hydrogens is 292 g/mol. The maximum atomic E-state index is 12.1. The minimum Gasteiger partial charge on any atom is -0.494 e. The molecule has 1 heterocycles. The van der Waals surface area contributed by atoms with Crippen molar-refractivity contribution < 1.29 is 14.3 Å². The molecule has 0 unspecified atom stereocenters. The summed E-state index contributed by atoms with van der Waals surface area (Å²) in [4.78, 5) is 14.2. The van der Waals surface area contributed by atoms with Gasteiger partial charge in [-0.2, -0.15) is 0 Å². The average Bonchev–Trinajstić information content (AvgIpc) is 2.51. The van der Waals surface area contributed by atoms with Crippen molar-refractivity contribution in [2.45, 2.75) is 39.3 Å². The molecular formula is C18H28N2O3. The largest absolute Gasteiger partial charge is 0.494 e. The summed E-state index contributed by atoms with van der Waals surface area (Å²) in [5.41, 5.74) is 0.900. The summed E-state index contributed by atoms with van der Waals surface area (Å²) >= 11 is 0. The van der Waals surface area contributed by atoms with E-state index in [-0.39, 0.29) is 11.5 Å². The fourth-order valence-electron chi connectivity index (χ4n) is 2.63. The fourth-order valence-corrected chi connectivity index (χ4v) is 2.63. The van der Waals surface area contributed by atoms with Crippen LogP contribution in [0.2, 0.25) is 0 Å². The van der Waals surface area contributed by atoms with Crippen LogP contribution in [0.5, 0.6) is 5.75 Å². The first kappa shape index (κ1) is 17.8. The highest BCUT2D eigenvalue weighted by Crippen LogP contribution is 2.16. The first-order valence-corrected chi connectivity index (χ1v) is 8.33. The highest BCUT2D eigenvalue weighted by Gasteiger charge is 2.27. The molecule has 1 aliphatic heterocycles. The maximum Gasteiger partial charge on any atom is 0.234 e. The molecule has 0 bridgehead atoms. The van der Waals surface area contributed by atoms with Crippen LogP contribution in [0.15, 0.2) is 24.3 Å². The fraction of sp³-hybridized carbons (Fsp3) is 0.611. The zero-order chi connectivity index (χ0) is 16.7. The molecule has 5 heteroatoms. The van der Waals surface area contributed by atoms with Gasteiger partial charge in [0.1, 0.15) is 5.75 Å². The summed E-state index contributed by atoms with van der Waals surface area (Å²) in [5, 5.41) is 2.97. The normalized spacial score (nSPS) is 17.7. The van der Waals surface area contributed by atoms with E-state index in [1.165, 1.54) is 0 Å². The van der Waals surface area contributed by atoms with E-state index in [1.54, 1.807) is 0 Å². The molecule has 5 nitrogen and oxygen atoms in total. The van der Waals surface area contributed by atoms with Crippen molar-refractivity contribution in [3.8, 4) is 5.75 Å². The Kier molecular flexibility index (Phi) is 6.42. The van der Waals surface area contributed by atoms with Crippen LogP contribution < -0.4 is 10.1 Å². The van der Waals surface area contributed by atoms with Crippen molar-refractivity contribution in [2.24, 2.45) is 0 Å². The topological polar surface area (TPSA) is 50.8 Å². The van der Waals surface area contributed by atoms with Gasteiger partial charge in [-0.1, -0.05) is 19.1 Å². The first-order valence-electron chi connectivity index (χ1n) is 8.33. The van der Waals surface area contributed by atoms with E-state index in [4.69, 9.17) is 9.47 Å².